The maximum absolute atomic E-state index is 13.3. The Morgan fingerprint density at radius 2 is 1.95 bits per heavy atom. The van der Waals surface area contributed by atoms with Gasteiger partial charge in [-0.1, -0.05) is 0 Å². The third-order valence-corrected chi connectivity index (χ3v) is 7.04. The normalized spacial score (nSPS) is 47.1. The van der Waals surface area contributed by atoms with E-state index in [4.69, 9.17) is 9.29 Å². The number of carbonyl (C=O) groups is 1. The zero-order valence-corrected chi connectivity index (χ0v) is 12.0. The number of halogens is 2. The fraction of sp³-hybridized carbons (Fsp3) is 0.923. The lowest BCUT2D eigenvalue weighted by Gasteiger charge is -2.62. The molecule has 0 saturated heterocycles. The van der Waals surface area contributed by atoms with Gasteiger partial charge in [-0.25, -0.2) is 4.79 Å². The second-order valence-corrected chi connectivity index (χ2v) is 8.67. The van der Waals surface area contributed by atoms with E-state index < -0.39 is 27.4 Å². The molecule has 5 aliphatic rings. The van der Waals surface area contributed by atoms with Gasteiger partial charge in [0, 0.05) is 5.92 Å². The van der Waals surface area contributed by atoms with Crippen LogP contribution in [0.25, 0.3) is 0 Å². The molecule has 0 aromatic carbocycles. The van der Waals surface area contributed by atoms with Crippen molar-refractivity contribution in [1.82, 2.24) is 0 Å². The highest BCUT2D eigenvalue weighted by atomic mass is 32.2. The number of ether oxygens (including phenoxy) is 1. The molecule has 5 nitrogen and oxygen atoms in total. The zero-order valence-electron chi connectivity index (χ0n) is 11.2. The summed E-state index contributed by atoms with van der Waals surface area (Å²) in [7, 11) is -5.79. The summed E-state index contributed by atoms with van der Waals surface area (Å²) >= 11 is 0. The maximum Gasteiger partial charge on any atom is 0.465 e. The SMILES string of the molecule is O=C(O[C@H]1C2CC3CC4C1CC4(C3)C2)C(F)(F)S(=O)(=O)O. The predicted molar refractivity (Wildman–Crippen MR) is 65.9 cm³/mol. The minimum Gasteiger partial charge on any atom is -0.456 e. The van der Waals surface area contributed by atoms with Crippen molar-refractivity contribution >= 4 is 16.1 Å². The summed E-state index contributed by atoms with van der Waals surface area (Å²) in [4.78, 5) is 11.5. The lowest BCUT2D eigenvalue weighted by molar-refractivity contribution is -0.212. The lowest BCUT2D eigenvalue weighted by atomic mass is 9.44. The number of hydrogen-bond acceptors (Lipinski definition) is 4. The molecule has 1 spiro atoms. The molecule has 0 aliphatic heterocycles. The molecule has 0 heterocycles. The Kier molecular flexibility index (Phi) is 2.49. The minimum absolute atomic E-state index is 0.0578. The van der Waals surface area contributed by atoms with Crippen molar-refractivity contribution in [2.45, 2.75) is 43.5 Å². The van der Waals surface area contributed by atoms with E-state index in [1.165, 1.54) is 6.42 Å². The Morgan fingerprint density at radius 3 is 2.62 bits per heavy atom. The van der Waals surface area contributed by atoms with Crippen LogP contribution in [-0.2, 0) is 19.6 Å². The summed E-state index contributed by atoms with van der Waals surface area (Å²) in [5.74, 6) is -0.986. The van der Waals surface area contributed by atoms with Crippen molar-refractivity contribution in [2.75, 3.05) is 0 Å². The first-order valence-electron chi connectivity index (χ1n) is 7.20. The van der Waals surface area contributed by atoms with E-state index in [9.17, 15) is 22.0 Å². The lowest BCUT2D eigenvalue weighted by Crippen LogP contribution is -2.60. The number of hydrogen-bond donors (Lipinski definition) is 1. The van der Waals surface area contributed by atoms with Crippen LogP contribution >= 0.6 is 0 Å². The predicted octanol–water partition coefficient (Wildman–Crippen LogP) is 1.83. The third-order valence-electron chi connectivity index (χ3n) is 6.22. The molecule has 0 aromatic heterocycles. The highest BCUT2D eigenvalue weighted by molar-refractivity contribution is 7.87. The first kappa shape index (κ1) is 13.9. The van der Waals surface area contributed by atoms with Gasteiger partial charge >= 0.3 is 21.3 Å². The summed E-state index contributed by atoms with van der Waals surface area (Å²) in [5.41, 5.74) is 0.340. The molecular formula is C13H16F2O5S. The monoisotopic (exact) mass is 322 g/mol. The van der Waals surface area contributed by atoms with Gasteiger partial charge in [-0.2, -0.15) is 17.2 Å². The van der Waals surface area contributed by atoms with Gasteiger partial charge in [-0.05, 0) is 55.3 Å². The van der Waals surface area contributed by atoms with Crippen LogP contribution in [0.15, 0.2) is 0 Å². The van der Waals surface area contributed by atoms with Crippen molar-refractivity contribution in [3.63, 3.8) is 0 Å². The van der Waals surface area contributed by atoms with E-state index in [-0.39, 0.29) is 11.8 Å². The van der Waals surface area contributed by atoms with Crippen molar-refractivity contribution in [2.24, 2.45) is 29.1 Å². The van der Waals surface area contributed by atoms with Crippen LogP contribution in [0.2, 0.25) is 0 Å². The first-order chi connectivity index (χ1) is 9.64. The van der Waals surface area contributed by atoms with Crippen molar-refractivity contribution in [1.29, 1.82) is 0 Å². The zero-order chi connectivity index (χ0) is 15.2. The van der Waals surface area contributed by atoms with Gasteiger partial charge in [0.05, 0.1) is 0 Å². The summed E-state index contributed by atoms with van der Waals surface area (Å²) in [5, 5.41) is -4.89. The maximum atomic E-state index is 13.3. The Bertz CT molecular complexity index is 614. The molecule has 0 amide bonds. The second kappa shape index (κ2) is 3.76. The van der Waals surface area contributed by atoms with Gasteiger partial charge in [-0.3, -0.25) is 4.55 Å². The van der Waals surface area contributed by atoms with Crippen molar-refractivity contribution < 1.29 is 31.3 Å². The third kappa shape index (κ3) is 1.63. The van der Waals surface area contributed by atoms with E-state index in [1.807, 2.05) is 0 Å². The standard InChI is InChI=1S/C13H16F2O5S/c14-13(15,21(17,18)19)11(16)20-10-7-1-6-2-9-8(10)5-12(9,3-6)4-7/h6-10H,1-5H2,(H,17,18,19)/t6?,7?,8?,9?,10-,12?/m0/s1. The first-order valence-corrected chi connectivity index (χ1v) is 8.64. The second-order valence-electron chi connectivity index (χ2n) is 7.20. The molecular weight excluding hydrogens is 306 g/mol. The molecule has 21 heavy (non-hydrogen) atoms. The minimum atomic E-state index is -5.79. The quantitative estimate of drug-likeness (QED) is 0.633. The van der Waals surface area contributed by atoms with Crippen molar-refractivity contribution in [3.8, 4) is 0 Å². The molecule has 0 aromatic rings. The number of fused-ring (bicyclic) bond motifs is 1. The van der Waals surface area contributed by atoms with Gasteiger partial charge in [0.15, 0.2) is 0 Å². The molecule has 5 rings (SSSR count). The fourth-order valence-electron chi connectivity index (χ4n) is 5.69. The molecule has 8 heteroatoms. The van der Waals surface area contributed by atoms with E-state index in [1.54, 1.807) is 0 Å². The van der Waals surface area contributed by atoms with Crippen LogP contribution in [0.3, 0.4) is 0 Å². The molecule has 5 fully saturated rings. The van der Waals surface area contributed by atoms with Gasteiger partial charge in [0.2, 0.25) is 0 Å². The number of esters is 1. The van der Waals surface area contributed by atoms with E-state index >= 15 is 0 Å². The van der Waals surface area contributed by atoms with Gasteiger partial charge in [0.1, 0.15) is 6.10 Å². The number of alkyl halides is 2. The van der Waals surface area contributed by atoms with Gasteiger partial charge in [0.25, 0.3) is 0 Å². The van der Waals surface area contributed by atoms with Crippen LogP contribution in [0.4, 0.5) is 8.78 Å². The van der Waals surface area contributed by atoms with Crippen LogP contribution in [-0.4, -0.2) is 30.3 Å². The van der Waals surface area contributed by atoms with Crippen LogP contribution in [0.1, 0.15) is 32.1 Å². The van der Waals surface area contributed by atoms with E-state index in [0.717, 1.165) is 25.7 Å². The summed E-state index contributed by atoms with van der Waals surface area (Å²) in [6, 6.07) is 0. The largest absolute Gasteiger partial charge is 0.465 e. The molecule has 0 radical (unpaired) electrons. The van der Waals surface area contributed by atoms with Gasteiger partial charge in [-0.15, -0.1) is 0 Å². The molecule has 6 atom stereocenters. The van der Waals surface area contributed by atoms with Crippen LogP contribution in [0, 0.1) is 29.1 Å². The van der Waals surface area contributed by atoms with E-state index in [0.29, 0.717) is 17.3 Å². The van der Waals surface area contributed by atoms with Crippen LogP contribution in [0.5, 0.6) is 0 Å². The topological polar surface area (TPSA) is 80.7 Å². The number of rotatable bonds is 3. The molecule has 1 N–H and O–H groups in total. The fourth-order valence-corrected chi connectivity index (χ4v) is 5.95. The van der Waals surface area contributed by atoms with Gasteiger partial charge < -0.3 is 4.74 Å². The molecule has 5 unspecified atom stereocenters. The Morgan fingerprint density at radius 1 is 1.24 bits per heavy atom. The molecule has 5 aliphatic carbocycles. The average molecular weight is 322 g/mol. The Labute approximate surface area is 120 Å². The Hall–Kier alpha value is -0.760. The molecule has 118 valence electrons. The summed E-state index contributed by atoms with van der Waals surface area (Å²) in [6.45, 7) is 0. The smallest absolute Gasteiger partial charge is 0.456 e. The average Bonchev–Trinajstić information content (AvgIpc) is 2.50. The Balaban J connectivity index is 1.55. The number of carbonyl (C=O) groups excluding carboxylic acids is 1. The van der Waals surface area contributed by atoms with Crippen molar-refractivity contribution in [3.05, 3.63) is 0 Å². The highest BCUT2D eigenvalue weighted by Crippen LogP contribution is 2.74. The molecule has 5 saturated carbocycles. The summed E-state index contributed by atoms with van der Waals surface area (Å²) in [6.07, 6.45) is 4.29. The van der Waals surface area contributed by atoms with E-state index in [2.05, 4.69) is 0 Å². The molecule has 4 bridgehead atoms. The van der Waals surface area contributed by atoms with Crippen LogP contribution < -0.4 is 0 Å². The highest BCUT2D eigenvalue weighted by Gasteiger charge is 2.70. The summed E-state index contributed by atoms with van der Waals surface area (Å²) < 4.78 is 61.3.